The van der Waals surface area contributed by atoms with Gasteiger partial charge in [0.25, 0.3) is 0 Å². The smallest absolute Gasteiger partial charge is 0.195 e. The second-order valence-electron chi connectivity index (χ2n) is 5.55. The zero-order valence-corrected chi connectivity index (χ0v) is 17.7. The molecule has 0 spiro atoms. The molecule has 140 valence electrons. The first-order valence-electron chi connectivity index (χ1n) is 7.95. The van der Waals surface area contributed by atoms with Crippen LogP contribution in [0.25, 0.3) is 0 Å². The van der Waals surface area contributed by atoms with Crippen LogP contribution in [0, 0.1) is 0 Å². The first kappa shape index (κ1) is 20.4. The van der Waals surface area contributed by atoms with Crippen LogP contribution in [0.5, 0.6) is 0 Å². The van der Waals surface area contributed by atoms with Crippen molar-refractivity contribution in [2.24, 2.45) is 0 Å². The van der Waals surface area contributed by atoms with Crippen molar-refractivity contribution in [2.75, 3.05) is 14.2 Å². The van der Waals surface area contributed by atoms with Crippen molar-refractivity contribution in [1.29, 1.82) is 0 Å². The molecule has 0 fully saturated rings. The van der Waals surface area contributed by atoms with Gasteiger partial charge in [0.15, 0.2) is 12.1 Å². The molecule has 0 atom stereocenters. The molecule has 0 unspecified atom stereocenters. The van der Waals surface area contributed by atoms with E-state index in [4.69, 9.17) is 32.7 Å². The third kappa shape index (κ3) is 4.93. The lowest BCUT2D eigenvalue weighted by Gasteiger charge is -2.10. The molecule has 0 N–H and O–H groups in total. The van der Waals surface area contributed by atoms with Crippen LogP contribution in [-0.2, 0) is 9.47 Å². The number of ether oxygens (including phenoxy) is 2. The predicted molar refractivity (Wildman–Crippen MR) is 112 cm³/mol. The van der Waals surface area contributed by atoms with Gasteiger partial charge in [-0.25, -0.2) is 0 Å². The Morgan fingerprint density at radius 3 is 2.07 bits per heavy atom. The summed E-state index contributed by atoms with van der Waals surface area (Å²) >= 11 is 14.9. The quantitative estimate of drug-likeness (QED) is 0.302. The first-order valence-corrected chi connectivity index (χ1v) is 10.3. The SMILES string of the molecule is COC(OC)c1cc(C(=O)c2ccc(Cl)cc2)c(Sc2ccc(Cl)cc2)s1. The Kier molecular flexibility index (Phi) is 6.98. The van der Waals surface area contributed by atoms with Crippen LogP contribution in [-0.4, -0.2) is 20.0 Å². The molecule has 3 nitrogen and oxygen atoms in total. The maximum absolute atomic E-state index is 13.1. The second-order valence-corrected chi connectivity index (χ2v) is 8.84. The minimum atomic E-state index is -0.522. The molecule has 2 aromatic carbocycles. The van der Waals surface area contributed by atoms with Gasteiger partial charge in [-0.2, -0.15) is 0 Å². The van der Waals surface area contributed by atoms with E-state index in [-0.39, 0.29) is 5.78 Å². The lowest BCUT2D eigenvalue weighted by Crippen LogP contribution is -2.03. The minimum absolute atomic E-state index is 0.0726. The maximum Gasteiger partial charge on any atom is 0.195 e. The number of methoxy groups -OCH3 is 2. The Labute approximate surface area is 176 Å². The highest BCUT2D eigenvalue weighted by Crippen LogP contribution is 2.41. The zero-order valence-electron chi connectivity index (χ0n) is 14.6. The van der Waals surface area contributed by atoms with E-state index in [1.807, 2.05) is 30.3 Å². The van der Waals surface area contributed by atoms with E-state index in [1.165, 1.54) is 23.1 Å². The second kappa shape index (κ2) is 9.24. The zero-order chi connectivity index (χ0) is 19.4. The molecule has 0 saturated carbocycles. The molecular formula is C20H16Cl2O3S2. The minimum Gasteiger partial charge on any atom is -0.351 e. The Morgan fingerprint density at radius 2 is 1.52 bits per heavy atom. The number of carbonyl (C=O) groups is 1. The highest BCUT2D eigenvalue weighted by Gasteiger charge is 2.22. The van der Waals surface area contributed by atoms with Crippen LogP contribution in [0.1, 0.15) is 27.1 Å². The van der Waals surface area contributed by atoms with Gasteiger partial charge in [0.2, 0.25) is 0 Å². The summed E-state index contributed by atoms with van der Waals surface area (Å²) in [6.45, 7) is 0. The van der Waals surface area contributed by atoms with Crippen LogP contribution in [0.4, 0.5) is 0 Å². The van der Waals surface area contributed by atoms with Gasteiger partial charge in [-0.15, -0.1) is 11.3 Å². The van der Waals surface area contributed by atoms with Gasteiger partial charge < -0.3 is 9.47 Å². The molecule has 0 aliphatic rings. The average Bonchev–Trinajstić information content (AvgIpc) is 3.08. The molecule has 1 aromatic heterocycles. The van der Waals surface area contributed by atoms with E-state index in [0.717, 1.165) is 14.0 Å². The molecule has 1 heterocycles. The summed E-state index contributed by atoms with van der Waals surface area (Å²) in [5.74, 6) is -0.0726. The van der Waals surface area contributed by atoms with Crippen molar-refractivity contribution in [2.45, 2.75) is 15.4 Å². The Bertz CT molecular complexity index is 917. The standard InChI is InChI=1S/C20H16Cl2O3S2/c1-24-19(25-2)17-11-16(18(23)12-3-5-13(21)6-4-12)20(27-17)26-15-9-7-14(22)8-10-15/h3-11,19H,1-2H3. The fraction of sp³-hybridized carbons (Fsp3) is 0.150. The van der Waals surface area contributed by atoms with Crippen molar-refractivity contribution in [3.63, 3.8) is 0 Å². The van der Waals surface area contributed by atoms with Gasteiger partial charge >= 0.3 is 0 Å². The molecule has 3 rings (SSSR count). The molecule has 0 amide bonds. The van der Waals surface area contributed by atoms with E-state index in [1.54, 1.807) is 38.5 Å². The van der Waals surface area contributed by atoms with E-state index >= 15 is 0 Å². The fourth-order valence-corrected chi connectivity index (χ4v) is 5.12. The summed E-state index contributed by atoms with van der Waals surface area (Å²) < 4.78 is 11.6. The van der Waals surface area contributed by atoms with Gasteiger partial charge in [-0.3, -0.25) is 4.79 Å². The van der Waals surface area contributed by atoms with Crippen LogP contribution in [0.15, 0.2) is 63.7 Å². The molecular weight excluding hydrogens is 423 g/mol. The third-order valence-corrected chi connectivity index (χ3v) is 6.62. The molecule has 0 aliphatic heterocycles. The summed E-state index contributed by atoms with van der Waals surface area (Å²) in [5.41, 5.74) is 1.18. The van der Waals surface area contributed by atoms with Crippen molar-refractivity contribution in [1.82, 2.24) is 0 Å². The molecule has 0 bridgehead atoms. The predicted octanol–water partition coefficient (Wildman–Crippen LogP) is 6.73. The van der Waals surface area contributed by atoms with Crippen molar-refractivity contribution < 1.29 is 14.3 Å². The maximum atomic E-state index is 13.1. The van der Waals surface area contributed by atoms with Gasteiger partial charge in [0.05, 0.1) is 9.09 Å². The van der Waals surface area contributed by atoms with Crippen molar-refractivity contribution >= 4 is 52.1 Å². The van der Waals surface area contributed by atoms with Gasteiger partial charge in [0.1, 0.15) is 0 Å². The number of thiophene rings is 1. The van der Waals surface area contributed by atoms with E-state index < -0.39 is 6.29 Å². The van der Waals surface area contributed by atoms with E-state index in [0.29, 0.717) is 21.2 Å². The Morgan fingerprint density at radius 1 is 0.963 bits per heavy atom. The number of hydrogen-bond acceptors (Lipinski definition) is 5. The highest BCUT2D eigenvalue weighted by atomic mass is 35.5. The highest BCUT2D eigenvalue weighted by molar-refractivity contribution is 8.01. The van der Waals surface area contributed by atoms with Crippen LogP contribution in [0.3, 0.4) is 0 Å². The van der Waals surface area contributed by atoms with Crippen LogP contribution >= 0.6 is 46.3 Å². The number of rotatable bonds is 7. The van der Waals surface area contributed by atoms with E-state index in [9.17, 15) is 4.79 Å². The number of benzene rings is 2. The number of carbonyl (C=O) groups excluding carboxylic acids is 1. The molecule has 3 aromatic rings. The average molecular weight is 439 g/mol. The number of halogens is 2. The van der Waals surface area contributed by atoms with Crippen LogP contribution in [0.2, 0.25) is 10.0 Å². The third-order valence-electron chi connectivity index (χ3n) is 3.75. The lowest BCUT2D eigenvalue weighted by molar-refractivity contribution is -0.103. The summed E-state index contributed by atoms with van der Waals surface area (Å²) in [6.07, 6.45) is -0.522. The lowest BCUT2D eigenvalue weighted by atomic mass is 10.1. The van der Waals surface area contributed by atoms with Gasteiger partial charge in [0, 0.05) is 40.3 Å². The largest absolute Gasteiger partial charge is 0.351 e. The summed E-state index contributed by atoms with van der Waals surface area (Å²) in [6, 6.07) is 16.2. The Balaban J connectivity index is 2.00. The number of hydrogen-bond donors (Lipinski definition) is 0. The summed E-state index contributed by atoms with van der Waals surface area (Å²) in [7, 11) is 3.14. The van der Waals surface area contributed by atoms with Gasteiger partial charge in [-0.1, -0.05) is 35.0 Å². The number of ketones is 1. The fourth-order valence-electron chi connectivity index (χ4n) is 2.44. The molecule has 0 radical (unpaired) electrons. The first-order chi connectivity index (χ1) is 13.0. The van der Waals surface area contributed by atoms with Crippen molar-refractivity contribution in [3.05, 3.63) is 80.6 Å². The topological polar surface area (TPSA) is 35.5 Å². The van der Waals surface area contributed by atoms with Crippen LogP contribution < -0.4 is 0 Å². The monoisotopic (exact) mass is 438 g/mol. The molecule has 0 aliphatic carbocycles. The van der Waals surface area contributed by atoms with Gasteiger partial charge in [-0.05, 0) is 54.6 Å². The Hall–Kier alpha value is -1.34. The molecule has 7 heteroatoms. The summed E-state index contributed by atoms with van der Waals surface area (Å²) in [4.78, 5) is 14.9. The molecule has 0 saturated heterocycles. The van der Waals surface area contributed by atoms with E-state index in [2.05, 4.69) is 0 Å². The summed E-state index contributed by atoms with van der Waals surface area (Å²) in [5, 5.41) is 1.26. The van der Waals surface area contributed by atoms with Crippen molar-refractivity contribution in [3.8, 4) is 0 Å². The molecule has 27 heavy (non-hydrogen) atoms. The normalized spacial score (nSPS) is 11.1.